The Bertz CT molecular complexity index is 300. The highest BCUT2D eigenvalue weighted by Gasteiger charge is 2.34. The summed E-state index contributed by atoms with van der Waals surface area (Å²) in [5.41, 5.74) is 0. The summed E-state index contributed by atoms with van der Waals surface area (Å²) in [6.07, 6.45) is 4.09. The molecule has 2 atom stereocenters. The Morgan fingerprint density at radius 1 is 1.29 bits per heavy atom. The molecule has 0 spiro atoms. The van der Waals surface area contributed by atoms with Crippen LogP contribution >= 0.6 is 0 Å². The summed E-state index contributed by atoms with van der Waals surface area (Å²) in [5.74, 6) is -0.465. The molecule has 1 amide bonds. The summed E-state index contributed by atoms with van der Waals surface area (Å²) in [4.78, 5) is 24.6. The normalized spacial score (nSPS) is 29.3. The Morgan fingerprint density at radius 2 is 2.12 bits per heavy atom. The van der Waals surface area contributed by atoms with Crippen LogP contribution in [0.5, 0.6) is 0 Å². The largest absolute Gasteiger partial charge is 0.480 e. The number of likely N-dealkylation sites (tertiary alicyclic amines) is 1. The Balaban J connectivity index is 1.88. The smallest absolute Gasteiger partial charge is 0.326 e. The van der Waals surface area contributed by atoms with E-state index >= 15 is 0 Å². The maximum Gasteiger partial charge on any atom is 0.326 e. The van der Waals surface area contributed by atoms with Crippen molar-refractivity contribution in [2.45, 2.75) is 38.1 Å². The quantitative estimate of drug-likeness (QED) is 0.751. The van der Waals surface area contributed by atoms with Gasteiger partial charge in [-0.25, -0.2) is 4.79 Å². The van der Waals surface area contributed by atoms with Crippen LogP contribution in [0.25, 0.3) is 0 Å². The molecule has 2 rings (SSSR count). The van der Waals surface area contributed by atoms with Crippen molar-refractivity contribution in [3.63, 3.8) is 0 Å². The van der Waals surface area contributed by atoms with E-state index in [0.717, 1.165) is 32.4 Å². The third-order valence-corrected chi connectivity index (χ3v) is 3.72. The lowest BCUT2D eigenvalue weighted by molar-refractivity contribution is -0.148. The summed E-state index contributed by atoms with van der Waals surface area (Å²) in [6.45, 7) is 2.53. The van der Waals surface area contributed by atoms with E-state index in [9.17, 15) is 9.59 Å². The third kappa shape index (κ3) is 2.97. The fourth-order valence-electron chi connectivity index (χ4n) is 2.78. The molecule has 96 valence electrons. The molecule has 0 aromatic rings. The van der Waals surface area contributed by atoms with Crippen LogP contribution < -0.4 is 5.32 Å². The topological polar surface area (TPSA) is 69.6 Å². The van der Waals surface area contributed by atoms with Crippen molar-refractivity contribution in [3.8, 4) is 0 Å². The Labute approximate surface area is 101 Å². The molecular formula is C12H20N2O3. The van der Waals surface area contributed by atoms with Crippen molar-refractivity contribution >= 4 is 11.9 Å². The van der Waals surface area contributed by atoms with Crippen LogP contribution in [0.3, 0.4) is 0 Å². The van der Waals surface area contributed by atoms with Gasteiger partial charge in [-0.05, 0) is 44.7 Å². The molecule has 5 nitrogen and oxygen atoms in total. The summed E-state index contributed by atoms with van der Waals surface area (Å²) >= 11 is 0. The fraction of sp³-hybridized carbons (Fsp3) is 0.833. The van der Waals surface area contributed by atoms with Gasteiger partial charge in [0.15, 0.2) is 0 Å². The van der Waals surface area contributed by atoms with Gasteiger partial charge in [0.25, 0.3) is 0 Å². The van der Waals surface area contributed by atoms with E-state index in [1.807, 2.05) is 0 Å². The Morgan fingerprint density at radius 3 is 2.76 bits per heavy atom. The second-order valence-electron chi connectivity index (χ2n) is 5.00. The van der Waals surface area contributed by atoms with Crippen molar-refractivity contribution in [3.05, 3.63) is 0 Å². The van der Waals surface area contributed by atoms with Crippen LogP contribution in [0.2, 0.25) is 0 Å². The minimum absolute atomic E-state index is 0.0172. The van der Waals surface area contributed by atoms with E-state index in [1.165, 1.54) is 0 Å². The lowest BCUT2D eigenvalue weighted by atomic mass is 9.95. The molecule has 2 aliphatic rings. The zero-order valence-corrected chi connectivity index (χ0v) is 10.0. The number of nitrogens with zero attached hydrogens (tertiary/aromatic N) is 1. The number of hydrogen-bond donors (Lipinski definition) is 2. The van der Waals surface area contributed by atoms with Crippen molar-refractivity contribution in [2.75, 3.05) is 19.6 Å². The summed E-state index contributed by atoms with van der Waals surface area (Å²) in [5, 5.41) is 12.3. The third-order valence-electron chi connectivity index (χ3n) is 3.72. The number of amides is 1. The zero-order valence-electron chi connectivity index (χ0n) is 10.0. The van der Waals surface area contributed by atoms with Crippen LogP contribution in [-0.2, 0) is 9.59 Å². The van der Waals surface area contributed by atoms with E-state index in [0.29, 0.717) is 25.3 Å². The molecule has 2 N–H and O–H groups in total. The fourth-order valence-corrected chi connectivity index (χ4v) is 2.78. The number of hydrogen-bond acceptors (Lipinski definition) is 3. The van der Waals surface area contributed by atoms with Crippen molar-refractivity contribution in [1.82, 2.24) is 10.2 Å². The van der Waals surface area contributed by atoms with E-state index in [2.05, 4.69) is 5.32 Å². The molecule has 0 aliphatic carbocycles. The lowest BCUT2D eigenvalue weighted by Crippen LogP contribution is -2.42. The minimum atomic E-state index is -0.863. The molecule has 2 aliphatic heterocycles. The van der Waals surface area contributed by atoms with Gasteiger partial charge >= 0.3 is 5.97 Å². The molecule has 0 aromatic carbocycles. The number of carbonyl (C=O) groups excluding carboxylic acids is 1. The molecule has 17 heavy (non-hydrogen) atoms. The van der Waals surface area contributed by atoms with Crippen molar-refractivity contribution < 1.29 is 14.7 Å². The molecule has 0 bridgehead atoms. The second-order valence-corrected chi connectivity index (χ2v) is 5.00. The lowest BCUT2D eigenvalue weighted by Gasteiger charge is -2.26. The molecule has 2 heterocycles. The van der Waals surface area contributed by atoms with Crippen molar-refractivity contribution in [2.24, 2.45) is 5.92 Å². The van der Waals surface area contributed by atoms with Gasteiger partial charge in [-0.2, -0.15) is 0 Å². The van der Waals surface area contributed by atoms with E-state index in [1.54, 1.807) is 4.90 Å². The van der Waals surface area contributed by atoms with Gasteiger partial charge in [0.05, 0.1) is 0 Å². The van der Waals surface area contributed by atoms with E-state index in [4.69, 9.17) is 5.11 Å². The standard InChI is InChI=1S/C12H20N2O3/c15-11(7-9-3-1-5-13-8-9)14-6-2-4-10(14)12(16)17/h9-10,13H,1-8H2,(H,16,17)/t9?,10-/m1/s1. The first-order valence-electron chi connectivity index (χ1n) is 6.41. The Hall–Kier alpha value is -1.10. The number of carboxylic acids is 1. The zero-order chi connectivity index (χ0) is 12.3. The molecule has 5 heteroatoms. The van der Waals surface area contributed by atoms with Crippen LogP contribution in [-0.4, -0.2) is 47.6 Å². The van der Waals surface area contributed by atoms with Gasteiger partial charge in [0.2, 0.25) is 5.91 Å². The van der Waals surface area contributed by atoms with Crippen LogP contribution in [0.15, 0.2) is 0 Å². The molecule has 0 radical (unpaired) electrons. The highest BCUT2D eigenvalue weighted by atomic mass is 16.4. The minimum Gasteiger partial charge on any atom is -0.480 e. The highest BCUT2D eigenvalue weighted by molar-refractivity contribution is 5.84. The van der Waals surface area contributed by atoms with Gasteiger partial charge in [-0.3, -0.25) is 4.79 Å². The maximum atomic E-state index is 12.1. The average molecular weight is 240 g/mol. The number of nitrogens with one attached hydrogen (secondary N) is 1. The van der Waals surface area contributed by atoms with E-state index in [-0.39, 0.29) is 5.91 Å². The van der Waals surface area contributed by atoms with Crippen LogP contribution in [0, 0.1) is 5.92 Å². The second kappa shape index (κ2) is 5.49. The molecule has 1 unspecified atom stereocenters. The molecule has 0 aromatic heterocycles. The number of carboxylic acid groups (broad SMARTS) is 1. The SMILES string of the molecule is O=C(O)[C@H]1CCCN1C(=O)CC1CCCNC1. The number of rotatable bonds is 3. The molecule has 0 saturated carbocycles. The van der Waals surface area contributed by atoms with E-state index < -0.39 is 12.0 Å². The Kier molecular flexibility index (Phi) is 3.99. The molecule has 2 saturated heterocycles. The number of carbonyl (C=O) groups is 2. The number of aliphatic carboxylic acids is 1. The van der Waals surface area contributed by atoms with Gasteiger partial charge in [0.1, 0.15) is 6.04 Å². The van der Waals surface area contributed by atoms with Gasteiger partial charge in [-0.1, -0.05) is 0 Å². The predicted molar refractivity (Wildman–Crippen MR) is 62.6 cm³/mol. The summed E-state index contributed by atoms with van der Waals surface area (Å²) in [7, 11) is 0. The maximum absolute atomic E-state index is 12.1. The number of piperidine rings is 1. The molecular weight excluding hydrogens is 220 g/mol. The molecule has 2 fully saturated rings. The monoisotopic (exact) mass is 240 g/mol. The van der Waals surface area contributed by atoms with Crippen molar-refractivity contribution in [1.29, 1.82) is 0 Å². The predicted octanol–water partition coefficient (Wildman–Crippen LogP) is 0.452. The van der Waals surface area contributed by atoms with Gasteiger partial charge in [-0.15, -0.1) is 0 Å². The van der Waals surface area contributed by atoms with Gasteiger partial charge < -0.3 is 15.3 Å². The first kappa shape index (κ1) is 12.4. The summed E-state index contributed by atoms with van der Waals surface area (Å²) in [6, 6.07) is -0.584. The highest BCUT2D eigenvalue weighted by Crippen LogP contribution is 2.22. The van der Waals surface area contributed by atoms with Crippen LogP contribution in [0.1, 0.15) is 32.1 Å². The summed E-state index contributed by atoms with van der Waals surface area (Å²) < 4.78 is 0. The average Bonchev–Trinajstić information content (AvgIpc) is 2.79. The first-order valence-corrected chi connectivity index (χ1v) is 6.41. The first-order chi connectivity index (χ1) is 8.18. The van der Waals surface area contributed by atoms with Crippen LogP contribution in [0.4, 0.5) is 0 Å². The van der Waals surface area contributed by atoms with Gasteiger partial charge in [0, 0.05) is 13.0 Å².